The maximum absolute atomic E-state index is 12.0. The smallest absolute Gasteiger partial charge is 0.264 e. The van der Waals surface area contributed by atoms with Crippen molar-refractivity contribution >= 4 is 34.6 Å². The Balaban J connectivity index is 1.78. The predicted molar refractivity (Wildman–Crippen MR) is 94.7 cm³/mol. The molecule has 116 valence electrons. The summed E-state index contributed by atoms with van der Waals surface area (Å²) in [5, 5.41) is 12.6. The predicted octanol–water partition coefficient (Wildman–Crippen LogP) is 3.85. The number of amidine groups is 1. The van der Waals surface area contributed by atoms with Gasteiger partial charge in [0.05, 0.1) is 10.6 Å². The number of phenols is 1. The van der Waals surface area contributed by atoms with Crippen LogP contribution in [0.1, 0.15) is 18.1 Å². The summed E-state index contributed by atoms with van der Waals surface area (Å²) in [7, 11) is 0. The molecule has 0 atom stereocenters. The van der Waals surface area contributed by atoms with Crippen LogP contribution in [0, 0.1) is 0 Å². The topological polar surface area (TPSA) is 61.7 Å². The summed E-state index contributed by atoms with van der Waals surface area (Å²) in [5.41, 5.74) is 2.93. The Morgan fingerprint density at radius 2 is 1.83 bits per heavy atom. The first-order valence-electron chi connectivity index (χ1n) is 7.31. The number of carbonyl (C=O) groups is 1. The van der Waals surface area contributed by atoms with E-state index in [1.54, 1.807) is 30.3 Å². The lowest BCUT2D eigenvalue weighted by atomic mass is 10.2. The standard InChI is InChI=1S/C18H16N2O2S/c1-2-12-3-7-14(8-4-12)19-18-20-17(22)16(23-18)11-13-5-9-15(21)10-6-13/h3-11,21H,2H2,1H3,(H,19,20,22)/b16-11+. The van der Waals surface area contributed by atoms with E-state index in [1.165, 1.54) is 17.3 Å². The number of nitrogens with zero attached hydrogens (tertiary/aromatic N) is 1. The Labute approximate surface area is 139 Å². The molecule has 2 N–H and O–H groups in total. The molecule has 5 heteroatoms. The number of aryl methyl sites for hydroxylation is 1. The Morgan fingerprint density at radius 3 is 2.48 bits per heavy atom. The minimum atomic E-state index is -0.160. The van der Waals surface area contributed by atoms with Gasteiger partial charge in [0.25, 0.3) is 5.91 Å². The van der Waals surface area contributed by atoms with Crippen LogP contribution in [0.4, 0.5) is 5.69 Å². The molecule has 0 aliphatic carbocycles. The molecule has 2 aromatic rings. The van der Waals surface area contributed by atoms with Crippen molar-refractivity contribution in [2.24, 2.45) is 4.99 Å². The molecule has 0 saturated carbocycles. The second-order valence-electron chi connectivity index (χ2n) is 5.09. The van der Waals surface area contributed by atoms with E-state index in [0.717, 1.165) is 17.7 Å². The van der Waals surface area contributed by atoms with Crippen LogP contribution in [-0.2, 0) is 11.2 Å². The van der Waals surface area contributed by atoms with E-state index in [2.05, 4.69) is 17.2 Å². The Kier molecular flexibility index (Phi) is 4.48. The number of carbonyl (C=O) groups excluding carboxylic acids is 1. The van der Waals surface area contributed by atoms with E-state index in [-0.39, 0.29) is 11.7 Å². The van der Waals surface area contributed by atoms with Gasteiger partial charge in [-0.25, -0.2) is 4.99 Å². The van der Waals surface area contributed by atoms with E-state index >= 15 is 0 Å². The number of rotatable bonds is 3. The number of amides is 1. The van der Waals surface area contributed by atoms with Crippen molar-refractivity contribution in [2.75, 3.05) is 0 Å². The molecular weight excluding hydrogens is 308 g/mol. The van der Waals surface area contributed by atoms with Crippen LogP contribution in [0.3, 0.4) is 0 Å². The average molecular weight is 324 g/mol. The third-order valence-electron chi connectivity index (χ3n) is 3.42. The van der Waals surface area contributed by atoms with Crippen LogP contribution < -0.4 is 5.32 Å². The summed E-state index contributed by atoms with van der Waals surface area (Å²) >= 11 is 1.31. The number of phenolic OH excluding ortho intramolecular Hbond substituents is 1. The van der Waals surface area contributed by atoms with E-state index in [9.17, 15) is 9.90 Å². The number of thioether (sulfide) groups is 1. The lowest BCUT2D eigenvalue weighted by molar-refractivity contribution is -0.115. The molecule has 0 unspecified atom stereocenters. The molecule has 0 radical (unpaired) electrons. The van der Waals surface area contributed by atoms with Crippen molar-refractivity contribution in [1.82, 2.24) is 5.32 Å². The van der Waals surface area contributed by atoms with Crippen LogP contribution in [0.2, 0.25) is 0 Å². The number of nitrogens with one attached hydrogen (secondary N) is 1. The van der Waals surface area contributed by atoms with Crippen molar-refractivity contribution in [3.05, 3.63) is 64.6 Å². The van der Waals surface area contributed by atoms with Crippen LogP contribution >= 0.6 is 11.8 Å². The molecule has 23 heavy (non-hydrogen) atoms. The fraction of sp³-hybridized carbons (Fsp3) is 0.111. The minimum absolute atomic E-state index is 0.160. The van der Waals surface area contributed by atoms with Gasteiger partial charge >= 0.3 is 0 Å². The van der Waals surface area contributed by atoms with Gasteiger partial charge in [0.15, 0.2) is 5.17 Å². The van der Waals surface area contributed by atoms with E-state index in [0.29, 0.717) is 10.1 Å². The first-order valence-corrected chi connectivity index (χ1v) is 8.13. The number of aromatic hydroxyl groups is 1. The van der Waals surface area contributed by atoms with Gasteiger partial charge in [0, 0.05) is 0 Å². The third kappa shape index (κ3) is 3.81. The molecule has 1 aliphatic heterocycles. The SMILES string of the molecule is CCc1ccc(N=C2NC(=O)/C(=C\c3ccc(O)cc3)S2)cc1. The second kappa shape index (κ2) is 6.71. The highest BCUT2D eigenvalue weighted by Gasteiger charge is 2.23. The van der Waals surface area contributed by atoms with Crippen molar-refractivity contribution < 1.29 is 9.90 Å². The highest BCUT2D eigenvalue weighted by Crippen LogP contribution is 2.28. The summed E-state index contributed by atoms with van der Waals surface area (Å²) in [6.45, 7) is 2.11. The van der Waals surface area contributed by atoms with Crippen molar-refractivity contribution in [3.8, 4) is 5.75 Å². The molecule has 0 bridgehead atoms. The molecule has 1 amide bonds. The minimum Gasteiger partial charge on any atom is -0.508 e. The zero-order valence-electron chi connectivity index (χ0n) is 12.6. The van der Waals surface area contributed by atoms with Crippen LogP contribution in [0.25, 0.3) is 6.08 Å². The summed E-state index contributed by atoms with van der Waals surface area (Å²) in [5.74, 6) is 0.0421. The zero-order valence-corrected chi connectivity index (χ0v) is 13.4. The molecule has 0 aromatic heterocycles. The monoisotopic (exact) mass is 324 g/mol. The van der Waals surface area contributed by atoms with Gasteiger partial charge in [-0.2, -0.15) is 0 Å². The molecule has 2 aromatic carbocycles. The van der Waals surface area contributed by atoms with Gasteiger partial charge in [-0.3, -0.25) is 4.79 Å². The first kappa shape index (κ1) is 15.4. The normalized spacial score (nSPS) is 17.7. The Bertz CT molecular complexity index is 778. The van der Waals surface area contributed by atoms with Crippen molar-refractivity contribution in [2.45, 2.75) is 13.3 Å². The Hall–Kier alpha value is -2.53. The quantitative estimate of drug-likeness (QED) is 0.843. The molecule has 4 nitrogen and oxygen atoms in total. The van der Waals surface area contributed by atoms with Gasteiger partial charge in [-0.05, 0) is 59.7 Å². The number of hydrogen-bond donors (Lipinski definition) is 2. The lowest BCUT2D eigenvalue weighted by Gasteiger charge is -1.98. The average Bonchev–Trinajstić information content (AvgIpc) is 2.90. The molecule has 1 fully saturated rings. The largest absolute Gasteiger partial charge is 0.508 e. The molecule has 1 aliphatic rings. The summed E-state index contributed by atoms with van der Waals surface area (Å²) in [6.07, 6.45) is 2.77. The maximum atomic E-state index is 12.0. The number of aliphatic imine (C=N–C) groups is 1. The van der Waals surface area contributed by atoms with Crippen LogP contribution in [0.15, 0.2) is 58.4 Å². The number of hydrogen-bond acceptors (Lipinski definition) is 4. The van der Waals surface area contributed by atoms with Crippen LogP contribution in [0.5, 0.6) is 5.75 Å². The highest BCUT2D eigenvalue weighted by atomic mass is 32.2. The Morgan fingerprint density at radius 1 is 1.13 bits per heavy atom. The van der Waals surface area contributed by atoms with Gasteiger partial charge in [-0.1, -0.05) is 31.2 Å². The third-order valence-corrected chi connectivity index (χ3v) is 4.33. The van der Waals surface area contributed by atoms with Crippen LogP contribution in [-0.4, -0.2) is 16.2 Å². The first-order chi connectivity index (χ1) is 11.1. The maximum Gasteiger partial charge on any atom is 0.264 e. The second-order valence-corrected chi connectivity index (χ2v) is 6.12. The molecule has 1 saturated heterocycles. The zero-order chi connectivity index (χ0) is 16.2. The number of benzene rings is 2. The molecule has 0 spiro atoms. The van der Waals surface area contributed by atoms with Gasteiger partial charge in [0.2, 0.25) is 0 Å². The molecule has 1 heterocycles. The molecular formula is C18H16N2O2S. The van der Waals surface area contributed by atoms with Crippen molar-refractivity contribution in [1.29, 1.82) is 0 Å². The van der Waals surface area contributed by atoms with Gasteiger partial charge in [-0.15, -0.1) is 0 Å². The van der Waals surface area contributed by atoms with Gasteiger partial charge in [0.1, 0.15) is 5.75 Å². The van der Waals surface area contributed by atoms with Gasteiger partial charge < -0.3 is 10.4 Å². The lowest BCUT2D eigenvalue weighted by Crippen LogP contribution is -2.19. The van der Waals surface area contributed by atoms with E-state index in [4.69, 9.17) is 0 Å². The van der Waals surface area contributed by atoms with E-state index < -0.39 is 0 Å². The molecule has 3 rings (SSSR count). The van der Waals surface area contributed by atoms with E-state index in [1.807, 2.05) is 24.3 Å². The fourth-order valence-electron chi connectivity index (χ4n) is 2.13. The van der Waals surface area contributed by atoms with Crippen molar-refractivity contribution in [3.63, 3.8) is 0 Å². The highest BCUT2D eigenvalue weighted by molar-refractivity contribution is 8.18. The summed E-state index contributed by atoms with van der Waals surface area (Å²) in [4.78, 5) is 17.1. The summed E-state index contributed by atoms with van der Waals surface area (Å²) < 4.78 is 0. The summed E-state index contributed by atoms with van der Waals surface area (Å²) in [6, 6.07) is 14.7. The fourth-order valence-corrected chi connectivity index (χ4v) is 2.97.